The van der Waals surface area contributed by atoms with E-state index in [1.54, 1.807) is 4.68 Å². The van der Waals surface area contributed by atoms with Gasteiger partial charge in [0.25, 0.3) is 0 Å². The molecular formula is C13H19N7S. The number of aryl methyl sites for hydroxylation is 2. The first-order valence-electron chi connectivity index (χ1n) is 7.28. The highest BCUT2D eigenvalue weighted by molar-refractivity contribution is 7.80. The Morgan fingerprint density at radius 3 is 2.43 bits per heavy atom. The molecular weight excluding hydrogens is 286 g/mol. The van der Waals surface area contributed by atoms with E-state index in [9.17, 15) is 0 Å². The fraction of sp³-hybridized carbons (Fsp3) is 0.615. The van der Waals surface area contributed by atoms with Crippen molar-refractivity contribution in [1.29, 1.82) is 0 Å². The van der Waals surface area contributed by atoms with Crippen molar-refractivity contribution >= 4 is 17.3 Å². The van der Waals surface area contributed by atoms with Crippen LogP contribution in [-0.2, 0) is 0 Å². The number of hydrogen-bond acceptors (Lipinski definition) is 5. The van der Waals surface area contributed by atoms with E-state index in [2.05, 4.69) is 30.7 Å². The number of nitrogens with zero attached hydrogens (tertiary/aromatic N) is 6. The van der Waals surface area contributed by atoms with Crippen LogP contribution in [0.5, 0.6) is 0 Å². The normalized spacial score (nSPS) is 16.0. The third kappa shape index (κ3) is 2.80. The molecule has 1 fully saturated rings. The predicted molar refractivity (Wildman–Crippen MR) is 83.7 cm³/mol. The lowest BCUT2D eigenvalue weighted by atomic mass is 10.2. The van der Waals surface area contributed by atoms with Gasteiger partial charge in [0.1, 0.15) is 5.82 Å². The Morgan fingerprint density at radius 1 is 1.00 bits per heavy atom. The van der Waals surface area contributed by atoms with Gasteiger partial charge in [-0.05, 0) is 38.9 Å². The topological polar surface area (TPSA) is 71.8 Å². The van der Waals surface area contributed by atoms with Crippen molar-refractivity contribution in [3.05, 3.63) is 11.5 Å². The summed E-state index contributed by atoms with van der Waals surface area (Å²) in [5, 5.41) is 17.2. The maximum Gasteiger partial charge on any atom is 0.205 e. The van der Waals surface area contributed by atoms with E-state index in [4.69, 9.17) is 12.2 Å². The van der Waals surface area contributed by atoms with Crippen molar-refractivity contribution < 1.29 is 0 Å². The maximum absolute atomic E-state index is 5.54. The molecule has 3 rings (SSSR count). The van der Waals surface area contributed by atoms with Gasteiger partial charge in [-0.25, -0.2) is 4.68 Å². The summed E-state index contributed by atoms with van der Waals surface area (Å²) in [6.45, 7) is 5.74. The molecule has 21 heavy (non-hydrogen) atoms. The van der Waals surface area contributed by atoms with Gasteiger partial charge < -0.3 is 4.90 Å². The van der Waals surface area contributed by atoms with Crippen molar-refractivity contribution in [2.75, 3.05) is 18.5 Å². The van der Waals surface area contributed by atoms with Gasteiger partial charge in [0.2, 0.25) is 5.82 Å². The van der Waals surface area contributed by atoms with Gasteiger partial charge in [0.15, 0.2) is 10.8 Å². The second-order valence-electron chi connectivity index (χ2n) is 5.36. The number of nitrogens with one attached hydrogen (secondary N) is 1. The minimum atomic E-state index is 0.664. The van der Waals surface area contributed by atoms with Gasteiger partial charge in [0.05, 0.1) is 5.69 Å². The summed E-state index contributed by atoms with van der Waals surface area (Å²) in [6.07, 6.45) is 4.93. The number of likely N-dealkylation sites (tertiary alicyclic amines) is 1. The Hall–Kier alpha value is -1.83. The third-order valence-corrected chi connectivity index (χ3v) is 4.13. The smallest absolute Gasteiger partial charge is 0.205 e. The molecule has 7 nitrogen and oxygen atoms in total. The minimum Gasteiger partial charge on any atom is -0.348 e. The van der Waals surface area contributed by atoms with E-state index < -0.39 is 0 Å². The van der Waals surface area contributed by atoms with Gasteiger partial charge in [-0.1, -0.05) is 12.8 Å². The van der Waals surface area contributed by atoms with Crippen molar-refractivity contribution in [3.63, 3.8) is 0 Å². The second-order valence-corrected chi connectivity index (χ2v) is 5.75. The van der Waals surface area contributed by atoms with Crippen LogP contribution < -0.4 is 5.43 Å². The summed E-state index contributed by atoms with van der Waals surface area (Å²) in [6, 6.07) is 0. The lowest BCUT2D eigenvalue weighted by Crippen LogP contribution is -2.40. The molecule has 0 aromatic rings. The number of hydrogen-bond donors (Lipinski definition) is 1. The Morgan fingerprint density at radius 2 is 1.71 bits per heavy atom. The van der Waals surface area contributed by atoms with E-state index in [-0.39, 0.29) is 0 Å². The van der Waals surface area contributed by atoms with Crippen LogP contribution in [0, 0.1) is 13.8 Å². The van der Waals surface area contributed by atoms with Crippen LogP contribution in [-0.4, -0.2) is 48.2 Å². The van der Waals surface area contributed by atoms with Crippen LogP contribution in [0.15, 0.2) is 0 Å². The summed E-state index contributed by atoms with van der Waals surface area (Å²) in [5.41, 5.74) is 4.71. The zero-order chi connectivity index (χ0) is 14.8. The zero-order valence-corrected chi connectivity index (χ0v) is 13.2. The first-order valence-corrected chi connectivity index (χ1v) is 7.68. The van der Waals surface area contributed by atoms with Crippen LogP contribution in [0.3, 0.4) is 0 Å². The van der Waals surface area contributed by atoms with Gasteiger partial charge in [-0.3, -0.25) is 5.43 Å². The van der Waals surface area contributed by atoms with Crippen LogP contribution in [0.2, 0.25) is 0 Å². The van der Waals surface area contributed by atoms with Crippen LogP contribution in [0.4, 0.5) is 0 Å². The largest absolute Gasteiger partial charge is 0.348 e. The summed E-state index contributed by atoms with van der Waals surface area (Å²) < 4.78 is 1.77. The molecule has 1 N–H and O–H groups in total. The van der Waals surface area contributed by atoms with Crippen LogP contribution in [0.1, 0.15) is 37.2 Å². The molecule has 0 atom stereocenters. The molecule has 112 valence electrons. The number of thiocarbonyl (C=S) groups is 1. The molecule has 0 aromatic carbocycles. The SMILES string of the molecule is Cc1nnc2n(NC(=S)N3CCCCCC3)c(C)nnc1-2. The molecule has 0 radical (unpaired) electrons. The average molecular weight is 305 g/mol. The van der Waals surface area contributed by atoms with E-state index in [1.807, 2.05) is 13.8 Å². The highest BCUT2D eigenvalue weighted by Gasteiger charge is 2.20. The molecule has 8 heteroatoms. The van der Waals surface area contributed by atoms with Crippen LogP contribution >= 0.6 is 12.2 Å². The van der Waals surface area contributed by atoms with Crippen LogP contribution in [0.25, 0.3) is 11.5 Å². The summed E-state index contributed by atoms with van der Waals surface area (Å²) in [5.74, 6) is 1.37. The second kappa shape index (κ2) is 5.88. The Balaban J connectivity index is 1.83. The van der Waals surface area contributed by atoms with E-state index in [0.29, 0.717) is 22.5 Å². The standard InChI is InChI=1S/C13H19N7S/c1-9-11-12(17-14-9)20(10(2)15-16-11)18-13(21)19-7-5-3-4-6-8-19/h3-8H2,1-2H3,(H,18,21). The molecule has 0 saturated carbocycles. The molecule has 3 aliphatic rings. The molecule has 0 unspecified atom stereocenters. The third-order valence-electron chi connectivity index (χ3n) is 3.78. The Kier molecular flexibility index (Phi) is 3.96. The molecule has 0 spiro atoms. The summed E-state index contributed by atoms with van der Waals surface area (Å²) >= 11 is 5.54. The molecule has 0 bridgehead atoms. The van der Waals surface area contributed by atoms with Gasteiger partial charge in [0, 0.05) is 13.1 Å². The molecule has 0 aliphatic carbocycles. The maximum atomic E-state index is 5.54. The summed E-state index contributed by atoms with van der Waals surface area (Å²) in [4.78, 5) is 2.21. The highest BCUT2D eigenvalue weighted by atomic mass is 32.1. The predicted octanol–water partition coefficient (Wildman–Crippen LogP) is 1.49. The molecule has 0 aromatic heterocycles. The summed E-state index contributed by atoms with van der Waals surface area (Å²) in [7, 11) is 0. The van der Waals surface area contributed by atoms with Crippen molar-refractivity contribution in [3.8, 4) is 11.5 Å². The lowest BCUT2D eigenvalue weighted by molar-refractivity contribution is 0.437. The molecule has 3 aliphatic heterocycles. The van der Waals surface area contributed by atoms with Gasteiger partial charge in [-0.2, -0.15) is 5.10 Å². The van der Waals surface area contributed by atoms with Gasteiger partial charge in [-0.15, -0.1) is 15.3 Å². The number of aromatic nitrogens is 5. The Bertz CT molecular complexity index is 615. The quantitative estimate of drug-likeness (QED) is 0.800. The first kappa shape index (κ1) is 14.1. The fourth-order valence-corrected chi connectivity index (χ4v) is 2.81. The molecule has 3 heterocycles. The molecule has 0 amide bonds. The minimum absolute atomic E-state index is 0.664. The highest BCUT2D eigenvalue weighted by Crippen LogP contribution is 2.19. The van der Waals surface area contributed by atoms with Gasteiger partial charge >= 0.3 is 0 Å². The Labute approximate surface area is 129 Å². The fourth-order valence-electron chi connectivity index (χ4n) is 2.54. The van der Waals surface area contributed by atoms with Crippen molar-refractivity contribution in [2.24, 2.45) is 0 Å². The van der Waals surface area contributed by atoms with Crippen molar-refractivity contribution in [2.45, 2.75) is 39.5 Å². The lowest BCUT2D eigenvalue weighted by Gasteiger charge is -2.25. The monoisotopic (exact) mass is 305 g/mol. The van der Waals surface area contributed by atoms with Crippen molar-refractivity contribution in [1.82, 2.24) is 30.0 Å². The average Bonchev–Trinajstić information content (AvgIpc) is 2.69. The van der Waals surface area contributed by atoms with E-state index in [0.717, 1.165) is 18.8 Å². The number of fused-ring (bicyclic) bond motifs is 1. The molecule has 1 saturated heterocycles. The van der Waals surface area contributed by atoms with E-state index >= 15 is 0 Å². The first-order chi connectivity index (χ1) is 10.2. The zero-order valence-electron chi connectivity index (χ0n) is 12.3. The number of rotatable bonds is 1. The van der Waals surface area contributed by atoms with E-state index in [1.165, 1.54) is 25.7 Å².